The van der Waals surface area contributed by atoms with Crippen LogP contribution in [0.25, 0.3) is 0 Å². The van der Waals surface area contributed by atoms with Crippen LogP contribution in [-0.4, -0.2) is 46.6 Å². The summed E-state index contributed by atoms with van der Waals surface area (Å²) >= 11 is 0. The number of hydrogen-bond donors (Lipinski definition) is 1. The fourth-order valence-electron chi connectivity index (χ4n) is 5.48. The van der Waals surface area contributed by atoms with Gasteiger partial charge in [0.25, 0.3) is 0 Å². The molecule has 0 aromatic heterocycles. The summed E-state index contributed by atoms with van der Waals surface area (Å²) in [5, 5.41) is 7.12. The summed E-state index contributed by atoms with van der Waals surface area (Å²) in [6, 6.07) is 14.4. The summed E-state index contributed by atoms with van der Waals surface area (Å²) in [5.74, 6) is -4.33. The summed E-state index contributed by atoms with van der Waals surface area (Å²) in [6.45, 7) is 1.44. The van der Waals surface area contributed by atoms with Crippen molar-refractivity contribution in [2.75, 3.05) is 11.4 Å². The molecule has 6 rings (SSSR count). The van der Waals surface area contributed by atoms with Crippen LogP contribution in [0, 0.1) is 17.8 Å². The summed E-state index contributed by atoms with van der Waals surface area (Å²) in [6.07, 6.45) is -7.92. The first-order chi connectivity index (χ1) is 17.3. The molecule has 3 aliphatic heterocycles. The Morgan fingerprint density at radius 2 is 1.51 bits per heavy atom. The van der Waals surface area contributed by atoms with Crippen molar-refractivity contribution in [2.45, 2.75) is 37.8 Å². The number of carboxylic acids is 1. The van der Waals surface area contributed by atoms with Crippen molar-refractivity contribution in [3.8, 4) is 0 Å². The molecule has 2 bridgehead atoms. The Balaban J connectivity index is 0.000000405. The zero-order valence-electron chi connectivity index (χ0n) is 19.2. The number of amides is 2. The van der Waals surface area contributed by atoms with Gasteiger partial charge in [-0.3, -0.25) is 14.5 Å². The maximum atomic E-state index is 13.3. The SMILES string of the molecule is O=C(O)C(F)(F)F.O=C1[C@@H]2[C@H]3CC[C@@H]([C@@H]2C(=O)N1c1cccc(C(F)(F)F)c1)N(Cc1ccccc1)C3. The second kappa shape index (κ2) is 9.81. The van der Waals surface area contributed by atoms with Gasteiger partial charge in [-0.15, -0.1) is 0 Å². The number of halogens is 6. The molecule has 4 fully saturated rings. The molecule has 37 heavy (non-hydrogen) atoms. The lowest BCUT2D eigenvalue weighted by Gasteiger charge is -2.50. The fourth-order valence-corrected chi connectivity index (χ4v) is 5.48. The van der Waals surface area contributed by atoms with Crippen LogP contribution in [0.1, 0.15) is 24.0 Å². The maximum absolute atomic E-state index is 13.3. The minimum Gasteiger partial charge on any atom is -0.475 e. The number of piperidine rings is 2. The number of hydrogen-bond acceptors (Lipinski definition) is 4. The van der Waals surface area contributed by atoms with E-state index >= 15 is 0 Å². The molecule has 1 aliphatic carbocycles. The van der Waals surface area contributed by atoms with E-state index < -0.39 is 35.7 Å². The van der Waals surface area contributed by atoms with Gasteiger partial charge in [-0.25, -0.2) is 9.69 Å². The average Bonchev–Trinajstić information content (AvgIpc) is 3.11. The standard InChI is InChI=1S/C23H21F3N2O2.C2HF3O2/c24-23(25,26)16-7-4-8-17(11-16)28-21(29)19-15-9-10-18(20(19)22(28)30)27(13-15)12-14-5-2-1-3-6-14;3-2(4,5)1(6)7/h1-8,11,15,18-20H,9-10,12-13H2;(H,6,7)/t15-,18-,19+,20-;/m0./s1. The third kappa shape index (κ3) is 5.34. The Morgan fingerprint density at radius 1 is 0.892 bits per heavy atom. The summed E-state index contributed by atoms with van der Waals surface area (Å²) < 4.78 is 71.2. The van der Waals surface area contributed by atoms with Crippen molar-refractivity contribution in [1.82, 2.24) is 4.90 Å². The van der Waals surface area contributed by atoms with Crippen LogP contribution in [0.2, 0.25) is 0 Å². The maximum Gasteiger partial charge on any atom is 0.490 e. The second-order valence-corrected chi connectivity index (χ2v) is 9.23. The van der Waals surface area contributed by atoms with Crippen LogP contribution in [-0.2, 0) is 27.1 Å². The highest BCUT2D eigenvalue weighted by Gasteiger charge is 2.60. The summed E-state index contributed by atoms with van der Waals surface area (Å²) in [4.78, 5) is 38.6. The molecule has 3 heterocycles. The van der Waals surface area contributed by atoms with Crippen molar-refractivity contribution < 1.29 is 45.8 Å². The first kappa shape index (κ1) is 26.6. The summed E-state index contributed by atoms with van der Waals surface area (Å²) in [5.41, 5.74) is 0.306. The lowest BCUT2D eigenvalue weighted by atomic mass is 9.66. The van der Waals surface area contributed by atoms with Gasteiger partial charge in [0.15, 0.2) is 0 Å². The Bertz CT molecular complexity index is 1180. The Hall–Kier alpha value is -3.41. The highest BCUT2D eigenvalue weighted by molar-refractivity contribution is 6.22. The van der Waals surface area contributed by atoms with Crippen molar-refractivity contribution in [3.05, 3.63) is 65.7 Å². The first-order valence-corrected chi connectivity index (χ1v) is 11.4. The van der Waals surface area contributed by atoms with Crippen molar-refractivity contribution >= 4 is 23.5 Å². The fraction of sp³-hybridized carbons (Fsp3) is 0.400. The van der Waals surface area contributed by atoms with Gasteiger partial charge in [0.05, 0.1) is 23.1 Å². The van der Waals surface area contributed by atoms with Crippen LogP contribution in [0.5, 0.6) is 0 Å². The number of carbonyl (C=O) groups excluding carboxylic acids is 2. The molecule has 2 amide bonds. The molecule has 0 spiro atoms. The monoisotopic (exact) mass is 528 g/mol. The number of imide groups is 1. The number of carboxylic acid groups (broad SMARTS) is 1. The van der Waals surface area contributed by atoms with Gasteiger partial charge in [-0.2, -0.15) is 26.3 Å². The molecular weight excluding hydrogens is 506 g/mol. The molecular formula is C25H22F6N2O4. The van der Waals surface area contributed by atoms with E-state index in [1.807, 2.05) is 30.3 Å². The van der Waals surface area contributed by atoms with Crippen LogP contribution in [0.15, 0.2) is 54.6 Å². The number of aliphatic carboxylic acids is 1. The van der Waals surface area contributed by atoms with E-state index in [2.05, 4.69) is 4.90 Å². The molecule has 198 valence electrons. The largest absolute Gasteiger partial charge is 0.490 e. The quantitative estimate of drug-likeness (QED) is 0.460. The van der Waals surface area contributed by atoms with E-state index in [1.165, 1.54) is 12.1 Å². The van der Waals surface area contributed by atoms with Crippen LogP contribution < -0.4 is 4.90 Å². The number of anilines is 1. The molecule has 2 aromatic carbocycles. The molecule has 0 unspecified atom stereocenters. The van der Waals surface area contributed by atoms with Gasteiger partial charge < -0.3 is 5.11 Å². The minimum absolute atomic E-state index is 0.0169. The average molecular weight is 528 g/mol. The van der Waals surface area contributed by atoms with Gasteiger partial charge >= 0.3 is 18.3 Å². The van der Waals surface area contributed by atoms with E-state index in [-0.39, 0.29) is 29.5 Å². The molecule has 1 saturated carbocycles. The van der Waals surface area contributed by atoms with Crippen molar-refractivity contribution in [2.24, 2.45) is 17.8 Å². The molecule has 4 atom stereocenters. The predicted molar refractivity (Wildman–Crippen MR) is 118 cm³/mol. The molecule has 1 N–H and O–H groups in total. The Labute approximate surface area is 207 Å². The van der Waals surface area contributed by atoms with E-state index in [4.69, 9.17) is 9.90 Å². The molecule has 2 aromatic rings. The number of carbonyl (C=O) groups is 3. The lowest BCUT2D eigenvalue weighted by Crippen LogP contribution is -2.58. The second-order valence-electron chi connectivity index (χ2n) is 9.23. The highest BCUT2D eigenvalue weighted by atomic mass is 19.4. The number of benzene rings is 2. The van der Waals surface area contributed by atoms with Gasteiger partial charge in [0.2, 0.25) is 11.8 Å². The molecule has 6 nitrogen and oxygen atoms in total. The van der Waals surface area contributed by atoms with Gasteiger partial charge in [-0.05, 0) is 42.5 Å². The number of rotatable bonds is 3. The molecule has 3 saturated heterocycles. The zero-order chi connectivity index (χ0) is 27.1. The van der Waals surface area contributed by atoms with Crippen molar-refractivity contribution in [1.29, 1.82) is 0 Å². The summed E-state index contributed by atoms with van der Waals surface area (Å²) in [7, 11) is 0. The Kier molecular flexibility index (Phi) is 7.06. The molecule has 0 radical (unpaired) electrons. The number of alkyl halides is 6. The van der Waals surface area contributed by atoms with E-state index in [9.17, 15) is 35.9 Å². The van der Waals surface area contributed by atoms with Crippen LogP contribution in [0.4, 0.5) is 32.0 Å². The van der Waals surface area contributed by atoms with Gasteiger partial charge in [0.1, 0.15) is 0 Å². The third-order valence-corrected chi connectivity index (χ3v) is 6.99. The van der Waals surface area contributed by atoms with E-state index in [0.717, 1.165) is 42.0 Å². The minimum atomic E-state index is -5.08. The molecule has 4 aliphatic rings. The van der Waals surface area contributed by atoms with Crippen LogP contribution in [0.3, 0.4) is 0 Å². The Morgan fingerprint density at radius 3 is 2.11 bits per heavy atom. The number of nitrogens with zero attached hydrogens (tertiary/aromatic N) is 2. The number of fused-ring (bicyclic) bond motifs is 2. The van der Waals surface area contributed by atoms with E-state index in [1.54, 1.807) is 0 Å². The van der Waals surface area contributed by atoms with Gasteiger partial charge in [-0.1, -0.05) is 36.4 Å². The molecule has 12 heteroatoms. The topological polar surface area (TPSA) is 77.9 Å². The van der Waals surface area contributed by atoms with Crippen molar-refractivity contribution in [3.63, 3.8) is 0 Å². The lowest BCUT2D eigenvalue weighted by molar-refractivity contribution is -0.192. The predicted octanol–water partition coefficient (Wildman–Crippen LogP) is 4.74. The van der Waals surface area contributed by atoms with Crippen LogP contribution >= 0.6 is 0 Å². The van der Waals surface area contributed by atoms with Gasteiger partial charge in [0, 0.05) is 19.1 Å². The first-order valence-electron chi connectivity index (χ1n) is 11.4. The third-order valence-electron chi connectivity index (χ3n) is 6.99. The smallest absolute Gasteiger partial charge is 0.475 e. The van der Waals surface area contributed by atoms with E-state index in [0.29, 0.717) is 6.54 Å². The normalized spacial score (nSPS) is 25.5. The zero-order valence-corrected chi connectivity index (χ0v) is 19.2. The highest BCUT2D eigenvalue weighted by Crippen LogP contribution is 2.50.